The van der Waals surface area contributed by atoms with Gasteiger partial charge in [-0.3, -0.25) is 4.79 Å². The maximum atomic E-state index is 11.0. The van der Waals surface area contributed by atoms with E-state index in [0.717, 1.165) is 5.56 Å². The van der Waals surface area contributed by atoms with Crippen LogP contribution in [0.25, 0.3) is 0 Å². The first kappa shape index (κ1) is 12.0. The molecule has 0 spiro atoms. The first-order valence-electron chi connectivity index (χ1n) is 4.80. The van der Waals surface area contributed by atoms with Crippen molar-refractivity contribution in [2.75, 3.05) is 13.7 Å². The summed E-state index contributed by atoms with van der Waals surface area (Å²) in [5, 5.41) is 14.2. The van der Waals surface area contributed by atoms with Crippen LogP contribution in [0, 0.1) is 0 Å². The molecule has 1 aromatic carbocycles. The maximum Gasteiger partial charge on any atom is 0.257 e. The van der Waals surface area contributed by atoms with Crippen molar-refractivity contribution in [2.45, 2.75) is 6.92 Å². The zero-order chi connectivity index (χ0) is 12.0. The number of hydrogen-bond acceptors (Lipinski definition) is 4. The molecule has 0 saturated carbocycles. The Morgan fingerprint density at radius 2 is 2.31 bits per heavy atom. The summed E-state index contributed by atoms with van der Waals surface area (Å²) in [7, 11) is 1.55. The van der Waals surface area contributed by atoms with Gasteiger partial charge in [-0.15, -0.1) is 0 Å². The highest BCUT2D eigenvalue weighted by molar-refractivity contribution is 5.98. The number of carbonyl (C=O) groups excluding carboxylic acids is 1. The Bertz CT molecular complexity index is 402. The van der Waals surface area contributed by atoms with Crippen LogP contribution in [0.2, 0.25) is 0 Å². The van der Waals surface area contributed by atoms with Crippen molar-refractivity contribution < 1.29 is 14.7 Å². The number of rotatable bonds is 4. The lowest BCUT2D eigenvalue weighted by molar-refractivity contribution is -0.122. The standard InChI is InChI=1S/C11H14N2O3/c1-8(13-15)9-4-3-5-10(6-9)16-7-11(14)12-2/h3-6,15H,7H2,1-2H3,(H,12,14)/b13-8+. The Morgan fingerprint density at radius 1 is 1.56 bits per heavy atom. The molecule has 1 aromatic rings. The van der Waals surface area contributed by atoms with Gasteiger partial charge in [0.2, 0.25) is 0 Å². The van der Waals surface area contributed by atoms with Gasteiger partial charge in [0.15, 0.2) is 6.61 Å². The van der Waals surface area contributed by atoms with Gasteiger partial charge < -0.3 is 15.3 Å². The molecule has 0 aliphatic heterocycles. The van der Waals surface area contributed by atoms with Gasteiger partial charge in [0, 0.05) is 12.6 Å². The maximum absolute atomic E-state index is 11.0. The molecule has 0 aromatic heterocycles. The fraction of sp³-hybridized carbons (Fsp3) is 0.273. The van der Waals surface area contributed by atoms with E-state index in [1.165, 1.54) is 0 Å². The number of nitrogens with zero attached hydrogens (tertiary/aromatic N) is 1. The number of ether oxygens (including phenoxy) is 1. The van der Waals surface area contributed by atoms with E-state index in [1.807, 2.05) is 0 Å². The monoisotopic (exact) mass is 222 g/mol. The van der Waals surface area contributed by atoms with Gasteiger partial charge in [-0.25, -0.2) is 0 Å². The first-order chi connectivity index (χ1) is 7.67. The number of amides is 1. The van der Waals surface area contributed by atoms with Crippen LogP contribution in [-0.2, 0) is 4.79 Å². The number of carbonyl (C=O) groups is 1. The van der Waals surface area contributed by atoms with Crippen molar-refractivity contribution >= 4 is 11.6 Å². The zero-order valence-electron chi connectivity index (χ0n) is 9.23. The second-order valence-electron chi connectivity index (χ2n) is 3.18. The van der Waals surface area contributed by atoms with Gasteiger partial charge in [-0.2, -0.15) is 0 Å². The second-order valence-corrected chi connectivity index (χ2v) is 3.18. The van der Waals surface area contributed by atoms with E-state index < -0.39 is 0 Å². The van der Waals surface area contributed by atoms with Crippen LogP contribution in [0.1, 0.15) is 12.5 Å². The number of likely N-dealkylation sites (N-methyl/N-ethyl adjacent to an activating group) is 1. The summed E-state index contributed by atoms with van der Waals surface area (Å²) in [6.07, 6.45) is 0. The minimum absolute atomic E-state index is 0.0325. The predicted molar refractivity (Wildman–Crippen MR) is 60.0 cm³/mol. The Hall–Kier alpha value is -2.04. The van der Waals surface area contributed by atoms with Gasteiger partial charge in [-0.1, -0.05) is 17.3 Å². The van der Waals surface area contributed by atoms with Crippen LogP contribution in [-0.4, -0.2) is 30.5 Å². The van der Waals surface area contributed by atoms with E-state index in [-0.39, 0.29) is 12.5 Å². The molecule has 16 heavy (non-hydrogen) atoms. The molecular formula is C11H14N2O3. The third-order valence-corrected chi connectivity index (χ3v) is 2.05. The molecule has 1 rings (SSSR count). The summed E-state index contributed by atoms with van der Waals surface area (Å²) in [4.78, 5) is 11.0. The third-order valence-electron chi connectivity index (χ3n) is 2.05. The first-order valence-corrected chi connectivity index (χ1v) is 4.80. The van der Waals surface area contributed by atoms with Crippen molar-refractivity contribution in [3.05, 3.63) is 29.8 Å². The minimum Gasteiger partial charge on any atom is -0.484 e. The summed E-state index contributed by atoms with van der Waals surface area (Å²) >= 11 is 0. The quantitative estimate of drug-likeness (QED) is 0.453. The van der Waals surface area contributed by atoms with Gasteiger partial charge in [-0.05, 0) is 19.1 Å². The zero-order valence-corrected chi connectivity index (χ0v) is 9.23. The van der Waals surface area contributed by atoms with Crippen LogP contribution in [0.4, 0.5) is 0 Å². The molecule has 5 heteroatoms. The Morgan fingerprint density at radius 3 is 2.94 bits per heavy atom. The molecule has 0 aliphatic rings. The molecule has 0 unspecified atom stereocenters. The molecule has 0 heterocycles. The smallest absolute Gasteiger partial charge is 0.257 e. The summed E-state index contributed by atoms with van der Waals surface area (Å²) < 4.78 is 5.25. The molecule has 0 saturated heterocycles. The summed E-state index contributed by atoms with van der Waals surface area (Å²) in [6, 6.07) is 7.00. The predicted octanol–water partition coefficient (Wildman–Crippen LogP) is 1.01. The third kappa shape index (κ3) is 3.27. The second kappa shape index (κ2) is 5.75. The van der Waals surface area contributed by atoms with Crippen LogP contribution in [0.3, 0.4) is 0 Å². The summed E-state index contributed by atoms with van der Waals surface area (Å²) in [5.41, 5.74) is 1.24. The summed E-state index contributed by atoms with van der Waals surface area (Å²) in [5.74, 6) is 0.363. The van der Waals surface area contributed by atoms with E-state index in [9.17, 15) is 4.79 Å². The van der Waals surface area contributed by atoms with Gasteiger partial charge in [0.05, 0.1) is 5.71 Å². The highest BCUT2D eigenvalue weighted by Gasteiger charge is 2.02. The molecule has 0 fully saturated rings. The average Bonchev–Trinajstić information content (AvgIpc) is 2.35. The Labute approximate surface area is 93.7 Å². The van der Waals surface area contributed by atoms with Crippen molar-refractivity contribution in [3.8, 4) is 5.75 Å². The lowest BCUT2D eigenvalue weighted by atomic mass is 10.1. The van der Waals surface area contributed by atoms with E-state index >= 15 is 0 Å². The van der Waals surface area contributed by atoms with E-state index in [2.05, 4.69) is 10.5 Å². The molecule has 0 bridgehead atoms. The molecule has 0 atom stereocenters. The molecular weight excluding hydrogens is 208 g/mol. The summed E-state index contributed by atoms with van der Waals surface area (Å²) in [6.45, 7) is 1.65. The molecule has 0 radical (unpaired) electrons. The van der Waals surface area contributed by atoms with Crippen molar-refractivity contribution in [1.82, 2.24) is 5.32 Å². The number of hydrogen-bond donors (Lipinski definition) is 2. The van der Waals surface area contributed by atoms with Crippen LogP contribution < -0.4 is 10.1 Å². The fourth-order valence-corrected chi connectivity index (χ4v) is 1.09. The lowest BCUT2D eigenvalue weighted by Crippen LogP contribution is -2.24. The van der Waals surface area contributed by atoms with Gasteiger partial charge >= 0.3 is 0 Å². The lowest BCUT2D eigenvalue weighted by Gasteiger charge is -2.06. The van der Waals surface area contributed by atoms with Crippen LogP contribution in [0.15, 0.2) is 29.4 Å². The van der Waals surface area contributed by atoms with E-state index in [4.69, 9.17) is 9.94 Å². The SMILES string of the molecule is CNC(=O)COc1cccc(/C(C)=N/O)c1. The molecule has 2 N–H and O–H groups in total. The van der Waals surface area contributed by atoms with Crippen molar-refractivity contribution in [1.29, 1.82) is 0 Å². The van der Waals surface area contributed by atoms with Crippen molar-refractivity contribution in [3.63, 3.8) is 0 Å². The molecule has 5 nitrogen and oxygen atoms in total. The highest BCUT2D eigenvalue weighted by atomic mass is 16.5. The number of oxime groups is 1. The number of benzene rings is 1. The normalized spacial score (nSPS) is 11.0. The fourth-order valence-electron chi connectivity index (χ4n) is 1.09. The molecule has 86 valence electrons. The largest absolute Gasteiger partial charge is 0.484 e. The Kier molecular flexibility index (Phi) is 4.32. The highest BCUT2D eigenvalue weighted by Crippen LogP contribution is 2.13. The van der Waals surface area contributed by atoms with Crippen LogP contribution in [0.5, 0.6) is 5.75 Å². The van der Waals surface area contributed by atoms with E-state index in [0.29, 0.717) is 11.5 Å². The average molecular weight is 222 g/mol. The minimum atomic E-state index is -0.196. The molecule has 1 amide bonds. The topological polar surface area (TPSA) is 70.9 Å². The van der Waals surface area contributed by atoms with Gasteiger partial charge in [0.25, 0.3) is 5.91 Å². The van der Waals surface area contributed by atoms with Crippen molar-refractivity contribution in [2.24, 2.45) is 5.16 Å². The van der Waals surface area contributed by atoms with Gasteiger partial charge in [0.1, 0.15) is 5.75 Å². The molecule has 0 aliphatic carbocycles. The Balaban J connectivity index is 2.71. The van der Waals surface area contributed by atoms with Crippen LogP contribution >= 0.6 is 0 Å². The number of nitrogens with one attached hydrogen (secondary N) is 1. The van der Waals surface area contributed by atoms with E-state index in [1.54, 1.807) is 38.2 Å².